The van der Waals surface area contributed by atoms with Gasteiger partial charge in [-0.25, -0.2) is 4.39 Å². The van der Waals surface area contributed by atoms with Crippen molar-refractivity contribution in [3.05, 3.63) is 47.0 Å². The average Bonchev–Trinajstić information content (AvgIpc) is 2.77. The smallest absolute Gasteiger partial charge is 0.123 e. The molecule has 0 amide bonds. The Hall–Kier alpha value is -1.92. The largest absolute Gasteiger partial charge is 0.489 e. The lowest BCUT2D eigenvalue weighted by Gasteiger charge is -2.15. The number of hydrogen-bond acceptors (Lipinski definition) is 4. The maximum absolute atomic E-state index is 12.9. The predicted octanol–water partition coefficient (Wildman–Crippen LogP) is 2.19. The minimum Gasteiger partial charge on any atom is -0.489 e. The van der Waals surface area contributed by atoms with E-state index in [1.54, 1.807) is 12.1 Å². The molecule has 5 nitrogen and oxygen atoms in total. The molecule has 6 heteroatoms. The fourth-order valence-electron chi connectivity index (χ4n) is 2.49. The molecule has 1 heterocycles. The number of halogens is 1. The highest BCUT2D eigenvalue weighted by Gasteiger charge is 2.11. The van der Waals surface area contributed by atoms with Gasteiger partial charge in [-0.15, -0.1) is 0 Å². The summed E-state index contributed by atoms with van der Waals surface area (Å²) < 4.78 is 20.4. The van der Waals surface area contributed by atoms with Gasteiger partial charge in [0.05, 0.1) is 18.8 Å². The zero-order valence-corrected chi connectivity index (χ0v) is 13.8. The van der Waals surface area contributed by atoms with Crippen LogP contribution >= 0.6 is 0 Å². The molecule has 0 saturated heterocycles. The second kappa shape index (κ2) is 8.08. The number of benzene rings is 1. The van der Waals surface area contributed by atoms with Crippen LogP contribution in [0.1, 0.15) is 23.9 Å². The third kappa shape index (κ3) is 4.77. The topological polar surface area (TPSA) is 59.3 Å². The Morgan fingerprint density at radius 3 is 2.65 bits per heavy atom. The van der Waals surface area contributed by atoms with Gasteiger partial charge in [0, 0.05) is 24.3 Å². The normalized spacial score (nSPS) is 12.4. The lowest BCUT2D eigenvalue weighted by atomic mass is 10.2. The van der Waals surface area contributed by atoms with Crippen molar-refractivity contribution in [1.82, 2.24) is 15.1 Å². The van der Waals surface area contributed by atoms with E-state index in [-0.39, 0.29) is 18.5 Å². The molecule has 0 spiro atoms. The van der Waals surface area contributed by atoms with E-state index in [9.17, 15) is 4.39 Å². The summed E-state index contributed by atoms with van der Waals surface area (Å²) in [6, 6.07) is 6.02. The van der Waals surface area contributed by atoms with E-state index in [1.807, 2.05) is 25.5 Å². The molecule has 0 aliphatic heterocycles. The first-order valence-corrected chi connectivity index (χ1v) is 7.78. The second-order valence-corrected chi connectivity index (χ2v) is 5.61. The van der Waals surface area contributed by atoms with Crippen molar-refractivity contribution in [2.75, 3.05) is 13.2 Å². The zero-order chi connectivity index (χ0) is 16.8. The van der Waals surface area contributed by atoms with Crippen molar-refractivity contribution in [2.24, 2.45) is 0 Å². The summed E-state index contributed by atoms with van der Waals surface area (Å²) in [5.41, 5.74) is 3.18. The molecule has 1 aromatic carbocycles. The summed E-state index contributed by atoms with van der Waals surface area (Å²) in [5, 5.41) is 16.8. The van der Waals surface area contributed by atoms with Crippen molar-refractivity contribution in [2.45, 2.75) is 40.0 Å². The van der Waals surface area contributed by atoms with Gasteiger partial charge in [-0.2, -0.15) is 5.10 Å². The Bertz CT molecular complexity index is 626. The first-order chi connectivity index (χ1) is 11.0. The van der Waals surface area contributed by atoms with Gasteiger partial charge in [-0.05, 0) is 45.0 Å². The molecule has 0 aliphatic rings. The van der Waals surface area contributed by atoms with Crippen LogP contribution < -0.4 is 10.1 Å². The number of aliphatic hydroxyl groups excluding tert-OH is 1. The molecular formula is C17H24FN3O2. The summed E-state index contributed by atoms with van der Waals surface area (Å²) in [6.07, 6.45) is -0.0337. The number of nitrogens with zero attached hydrogens (tertiary/aromatic N) is 2. The average molecular weight is 321 g/mol. The Balaban J connectivity index is 1.83. The highest BCUT2D eigenvalue weighted by atomic mass is 19.1. The second-order valence-electron chi connectivity index (χ2n) is 5.61. The third-order valence-electron chi connectivity index (χ3n) is 3.73. The minimum absolute atomic E-state index is 0.0337. The summed E-state index contributed by atoms with van der Waals surface area (Å²) in [7, 11) is 0. The van der Waals surface area contributed by atoms with Crippen LogP contribution in [-0.4, -0.2) is 34.1 Å². The summed E-state index contributed by atoms with van der Waals surface area (Å²) in [4.78, 5) is 0. The Kier molecular flexibility index (Phi) is 6.12. The molecule has 1 aromatic heterocycles. The molecule has 2 aromatic rings. The quantitative estimate of drug-likeness (QED) is 0.782. The molecule has 0 saturated carbocycles. The molecule has 23 heavy (non-hydrogen) atoms. The predicted molar refractivity (Wildman–Crippen MR) is 87.0 cm³/mol. The van der Waals surface area contributed by atoms with Crippen LogP contribution in [0.5, 0.6) is 5.75 Å². The zero-order valence-electron chi connectivity index (χ0n) is 13.8. The highest BCUT2D eigenvalue weighted by Crippen LogP contribution is 2.14. The van der Waals surface area contributed by atoms with Crippen LogP contribution in [0.25, 0.3) is 0 Å². The van der Waals surface area contributed by atoms with Crippen LogP contribution in [0.15, 0.2) is 24.3 Å². The first-order valence-electron chi connectivity index (χ1n) is 7.78. The monoisotopic (exact) mass is 321 g/mol. The van der Waals surface area contributed by atoms with Gasteiger partial charge in [0.2, 0.25) is 0 Å². The van der Waals surface area contributed by atoms with E-state index in [2.05, 4.69) is 10.4 Å². The summed E-state index contributed by atoms with van der Waals surface area (Å²) in [5.74, 6) is 0.387. The van der Waals surface area contributed by atoms with Gasteiger partial charge in [0.1, 0.15) is 17.7 Å². The van der Waals surface area contributed by atoms with Gasteiger partial charge in [0.15, 0.2) is 0 Å². The van der Waals surface area contributed by atoms with Crippen LogP contribution in [0.4, 0.5) is 4.39 Å². The molecule has 2 N–H and O–H groups in total. The molecule has 1 atom stereocenters. The standard InChI is InChI=1S/C17H24FN3O2/c1-12(23-16-6-4-15(18)5-7-16)10-19-11-17-13(2)20-21(8-9-22)14(17)3/h4-7,12,19,22H,8-11H2,1-3H3. The molecule has 0 bridgehead atoms. The number of aromatic nitrogens is 2. The Morgan fingerprint density at radius 1 is 1.30 bits per heavy atom. The van der Waals surface area contributed by atoms with E-state index >= 15 is 0 Å². The Labute approximate surface area is 136 Å². The molecule has 0 aliphatic carbocycles. The molecule has 0 radical (unpaired) electrons. The van der Waals surface area contributed by atoms with Crippen LogP contribution in [0.3, 0.4) is 0 Å². The molecule has 1 unspecified atom stereocenters. The fraction of sp³-hybridized carbons (Fsp3) is 0.471. The van der Waals surface area contributed by atoms with Gasteiger partial charge < -0.3 is 15.2 Å². The number of ether oxygens (including phenoxy) is 1. The van der Waals surface area contributed by atoms with E-state index < -0.39 is 0 Å². The molecule has 0 fully saturated rings. The van der Waals surface area contributed by atoms with E-state index in [4.69, 9.17) is 9.84 Å². The van der Waals surface area contributed by atoms with Crippen LogP contribution in [0, 0.1) is 19.7 Å². The van der Waals surface area contributed by atoms with E-state index in [1.165, 1.54) is 12.1 Å². The lowest BCUT2D eigenvalue weighted by Crippen LogP contribution is -2.29. The number of rotatable bonds is 8. The van der Waals surface area contributed by atoms with Crippen molar-refractivity contribution < 1.29 is 14.2 Å². The van der Waals surface area contributed by atoms with E-state index in [0.29, 0.717) is 25.4 Å². The number of aliphatic hydroxyl groups is 1. The SMILES string of the molecule is Cc1nn(CCO)c(C)c1CNCC(C)Oc1ccc(F)cc1. The van der Waals surface area contributed by atoms with Gasteiger partial charge in [-0.1, -0.05) is 0 Å². The molecule has 126 valence electrons. The minimum atomic E-state index is -0.269. The van der Waals surface area contributed by atoms with Crippen molar-refractivity contribution in [1.29, 1.82) is 0 Å². The van der Waals surface area contributed by atoms with Crippen molar-refractivity contribution in [3.8, 4) is 5.75 Å². The number of hydrogen-bond donors (Lipinski definition) is 2. The summed E-state index contributed by atoms with van der Waals surface area (Å²) in [6.45, 7) is 7.89. The van der Waals surface area contributed by atoms with Crippen LogP contribution in [-0.2, 0) is 13.1 Å². The van der Waals surface area contributed by atoms with Gasteiger partial charge in [-0.3, -0.25) is 4.68 Å². The van der Waals surface area contributed by atoms with Crippen LogP contribution in [0.2, 0.25) is 0 Å². The molecule has 2 rings (SSSR count). The van der Waals surface area contributed by atoms with Crippen molar-refractivity contribution in [3.63, 3.8) is 0 Å². The third-order valence-corrected chi connectivity index (χ3v) is 3.73. The van der Waals surface area contributed by atoms with E-state index in [0.717, 1.165) is 17.0 Å². The number of nitrogens with one attached hydrogen (secondary N) is 1. The van der Waals surface area contributed by atoms with Crippen molar-refractivity contribution >= 4 is 0 Å². The van der Waals surface area contributed by atoms with Gasteiger partial charge >= 0.3 is 0 Å². The summed E-state index contributed by atoms with van der Waals surface area (Å²) >= 11 is 0. The Morgan fingerprint density at radius 2 is 2.00 bits per heavy atom. The highest BCUT2D eigenvalue weighted by molar-refractivity contribution is 5.24. The first kappa shape index (κ1) is 17.4. The lowest BCUT2D eigenvalue weighted by molar-refractivity contribution is 0.216. The van der Waals surface area contributed by atoms with Gasteiger partial charge in [0.25, 0.3) is 0 Å². The number of aryl methyl sites for hydroxylation is 1. The maximum Gasteiger partial charge on any atom is 0.123 e. The molecular weight excluding hydrogens is 297 g/mol. The fourth-order valence-corrected chi connectivity index (χ4v) is 2.49. The maximum atomic E-state index is 12.9.